The molecule has 3 heterocycles. The number of thioether (sulfide) groups is 1. The fourth-order valence-electron chi connectivity index (χ4n) is 3.00. The van der Waals surface area contributed by atoms with E-state index in [0.29, 0.717) is 6.54 Å². The Morgan fingerprint density at radius 2 is 2.29 bits per heavy atom. The standard InChI is InChI=1S/C15H23N3OS2/c19-15(16-11-14-3-1-9-21-14)18-6-2-5-17(7-8-18)13-4-10-20-12-13/h1,3,9,13H,2,4-8,10-12H2,(H,16,19). The Hall–Kier alpha value is -0.720. The maximum absolute atomic E-state index is 12.3. The quantitative estimate of drug-likeness (QED) is 0.927. The summed E-state index contributed by atoms with van der Waals surface area (Å²) in [7, 11) is 0. The number of hydrogen-bond donors (Lipinski definition) is 1. The van der Waals surface area contributed by atoms with Gasteiger partial charge in [0, 0.05) is 42.9 Å². The van der Waals surface area contributed by atoms with Crippen molar-refractivity contribution in [3.05, 3.63) is 22.4 Å². The van der Waals surface area contributed by atoms with Crippen LogP contribution in [-0.4, -0.2) is 59.6 Å². The number of nitrogens with zero attached hydrogens (tertiary/aromatic N) is 2. The average molecular weight is 326 g/mol. The zero-order valence-corrected chi connectivity index (χ0v) is 13.9. The van der Waals surface area contributed by atoms with Crippen LogP contribution in [0.15, 0.2) is 17.5 Å². The highest BCUT2D eigenvalue weighted by Gasteiger charge is 2.26. The van der Waals surface area contributed by atoms with E-state index in [0.717, 1.165) is 38.6 Å². The number of carbonyl (C=O) groups excluding carboxylic acids is 1. The third kappa shape index (κ3) is 4.14. The first-order valence-electron chi connectivity index (χ1n) is 7.70. The number of rotatable bonds is 3. The van der Waals surface area contributed by atoms with Crippen LogP contribution in [0.25, 0.3) is 0 Å². The lowest BCUT2D eigenvalue weighted by Gasteiger charge is -2.26. The smallest absolute Gasteiger partial charge is 0.317 e. The van der Waals surface area contributed by atoms with Crippen LogP contribution in [0.4, 0.5) is 4.79 Å². The third-order valence-electron chi connectivity index (χ3n) is 4.23. The molecule has 0 radical (unpaired) electrons. The van der Waals surface area contributed by atoms with Crippen molar-refractivity contribution in [1.29, 1.82) is 0 Å². The second-order valence-electron chi connectivity index (χ2n) is 5.63. The van der Waals surface area contributed by atoms with E-state index < -0.39 is 0 Å². The van der Waals surface area contributed by atoms with Gasteiger partial charge in [-0.05, 0) is 30.0 Å². The molecule has 4 nitrogen and oxygen atoms in total. The van der Waals surface area contributed by atoms with E-state index in [1.165, 1.54) is 22.8 Å². The molecule has 1 N–H and O–H groups in total. The first kappa shape index (κ1) is 15.2. The molecule has 1 unspecified atom stereocenters. The molecular weight excluding hydrogens is 302 g/mol. The fraction of sp³-hybridized carbons (Fsp3) is 0.667. The van der Waals surface area contributed by atoms with Crippen molar-refractivity contribution in [2.45, 2.75) is 25.4 Å². The Morgan fingerprint density at radius 3 is 3.05 bits per heavy atom. The van der Waals surface area contributed by atoms with Crippen LogP contribution >= 0.6 is 23.1 Å². The molecule has 0 aliphatic carbocycles. The highest BCUT2D eigenvalue weighted by molar-refractivity contribution is 7.99. The van der Waals surface area contributed by atoms with Crippen molar-refractivity contribution in [1.82, 2.24) is 15.1 Å². The molecule has 1 atom stereocenters. The highest BCUT2D eigenvalue weighted by atomic mass is 32.2. The molecule has 1 aromatic rings. The number of amides is 2. The van der Waals surface area contributed by atoms with Crippen LogP contribution in [0.3, 0.4) is 0 Å². The fourth-order valence-corrected chi connectivity index (χ4v) is 4.90. The average Bonchev–Trinajstić information content (AvgIpc) is 3.15. The van der Waals surface area contributed by atoms with Crippen molar-refractivity contribution < 1.29 is 4.79 Å². The summed E-state index contributed by atoms with van der Waals surface area (Å²) in [4.78, 5) is 18.1. The molecule has 0 aromatic carbocycles. The summed E-state index contributed by atoms with van der Waals surface area (Å²) in [6.45, 7) is 4.55. The van der Waals surface area contributed by atoms with E-state index in [1.807, 2.05) is 16.3 Å². The van der Waals surface area contributed by atoms with Crippen LogP contribution in [0, 0.1) is 0 Å². The minimum absolute atomic E-state index is 0.0889. The normalized spacial score (nSPS) is 24.0. The summed E-state index contributed by atoms with van der Waals surface area (Å²) in [6.07, 6.45) is 2.41. The van der Waals surface area contributed by atoms with Gasteiger partial charge in [-0.3, -0.25) is 4.90 Å². The second-order valence-corrected chi connectivity index (χ2v) is 7.81. The monoisotopic (exact) mass is 325 g/mol. The van der Waals surface area contributed by atoms with Crippen LogP contribution in [-0.2, 0) is 6.54 Å². The van der Waals surface area contributed by atoms with E-state index in [-0.39, 0.29) is 6.03 Å². The molecule has 2 aliphatic rings. The molecule has 1 aromatic heterocycles. The van der Waals surface area contributed by atoms with Crippen LogP contribution in [0.2, 0.25) is 0 Å². The van der Waals surface area contributed by atoms with Crippen molar-refractivity contribution in [2.75, 3.05) is 37.7 Å². The van der Waals surface area contributed by atoms with Gasteiger partial charge in [-0.25, -0.2) is 4.79 Å². The SMILES string of the molecule is O=C(NCc1cccs1)N1CCCN(C2CCSC2)CC1. The lowest BCUT2D eigenvalue weighted by molar-refractivity contribution is 0.192. The number of urea groups is 1. The van der Waals surface area contributed by atoms with Crippen molar-refractivity contribution >= 4 is 29.1 Å². The van der Waals surface area contributed by atoms with Gasteiger partial charge in [-0.15, -0.1) is 11.3 Å². The summed E-state index contributed by atoms with van der Waals surface area (Å²) >= 11 is 3.75. The first-order chi connectivity index (χ1) is 10.3. The van der Waals surface area contributed by atoms with Gasteiger partial charge in [0.15, 0.2) is 0 Å². The van der Waals surface area contributed by atoms with E-state index in [1.54, 1.807) is 11.3 Å². The lowest BCUT2D eigenvalue weighted by atomic mass is 10.2. The number of nitrogens with one attached hydrogen (secondary N) is 1. The molecule has 3 rings (SSSR count). The van der Waals surface area contributed by atoms with Crippen LogP contribution < -0.4 is 5.32 Å². The number of thiophene rings is 1. The van der Waals surface area contributed by atoms with E-state index in [4.69, 9.17) is 0 Å². The predicted octanol–water partition coefficient (Wildman–Crippen LogP) is 2.47. The number of carbonyl (C=O) groups is 1. The molecule has 0 spiro atoms. The highest BCUT2D eigenvalue weighted by Crippen LogP contribution is 2.23. The Kier molecular flexibility index (Phi) is 5.43. The van der Waals surface area contributed by atoms with Gasteiger partial charge < -0.3 is 10.2 Å². The Labute approximate surface area is 134 Å². The van der Waals surface area contributed by atoms with E-state index in [9.17, 15) is 4.79 Å². The Bertz CT molecular complexity index is 446. The Balaban J connectivity index is 1.46. The predicted molar refractivity (Wildman–Crippen MR) is 90.0 cm³/mol. The molecule has 21 heavy (non-hydrogen) atoms. The Morgan fingerprint density at radius 1 is 1.33 bits per heavy atom. The van der Waals surface area contributed by atoms with Crippen molar-refractivity contribution in [2.24, 2.45) is 0 Å². The zero-order chi connectivity index (χ0) is 14.5. The first-order valence-corrected chi connectivity index (χ1v) is 9.73. The molecule has 2 fully saturated rings. The van der Waals surface area contributed by atoms with Gasteiger partial charge >= 0.3 is 6.03 Å². The van der Waals surface area contributed by atoms with Gasteiger partial charge in [-0.2, -0.15) is 11.8 Å². The molecule has 0 saturated carbocycles. The summed E-state index contributed by atoms with van der Waals surface area (Å²) < 4.78 is 0. The summed E-state index contributed by atoms with van der Waals surface area (Å²) in [5.41, 5.74) is 0. The van der Waals surface area contributed by atoms with Gasteiger partial charge in [0.2, 0.25) is 0 Å². The van der Waals surface area contributed by atoms with Crippen LogP contribution in [0.5, 0.6) is 0 Å². The molecule has 2 amide bonds. The molecular formula is C15H23N3OS2. The van der Waals surface area contributed by atoms with Gasteiger partial charge in [-0.1, -0.05) is 6.07 Å². The lowest BCUT2D eigenvalue weighted by Crippen LogP contribution is -2.43. The number of hydrogen-bond acceptors (Lipinski definition) is 4. The van der Waals surface area contributed by atoms with Gasteiger partial charge in [0.1, 0.15) is 0 Å². The van der Waals surface area contributed by atoms with E-state index in [2.05, 4.69) is 28.0 Å². The third-order valence-corrected chi connectivity index (χ3v) is 6.25. The molecule has 0 bridgehead atoms. The summed E-state index contributed by atoms with van der Waals surface area (Å²) in [5, 5.41) is 5.09. The minimum Gasteiger partial charge on any atom is -0.333 e. The zero-order valence-electron chi connectivity index (χ0n) is 12.3. The van der Waals surface area contributed by atoms with Crippen molar-refractivity contribution in [3.8, 4) is 0 Å². The largest absolute Gasteiger partial charge is 0.333 e. The topological polar surface area (TPSA) is 35.6 Å². The maximum Gasteiger partial charge on any atom is 0.317 e. The minimum atomic E-state index is 0.0889. The van der Waals surface area contributed by atoms with E-state index >= 15 is 0 Å². The molecule has 116 valence electrons. The van der Waals surface area contributed by atoms with Gasteiger partial charge in [0.25, 0.3) is 0 Å². The van der Waals surface area contributed by atoms with Gasteiger partial charge in [0.05, 0.1) is 6.54 Å². The molecule has 2 saturated heterocycles. The van der Waals surface area contributed by atoms with Crippen LogP contribution in [0.1, 0.15) is 17.7 Å². The molecule has 2 aliphatic heterocycles. The summed E-state index contributed by atoms with van der Waals surface area (Å²) in [5.74, 6) is 2.57. The second kappa shape index (κ2) is 7.51. The maximum atomic E-state index is 12.3. The van der Waals surface area contributed by atoms with Crippen molar-refractivity contribution in [3.63, 3.8) is 0 Å². The summed E-state index contributed by atoms with van der Waals surface area (Å²) in [6, 6.07) is 4.91. The molecule has 6 heteroatoms.